The van der Waals surface area contributed by atoms with Crippen LogP contribution in [0.5, 0.6) is 11.5 Å². The van der Waals surface area contributed by atoms with Gasteiger partial charge in [-0.05, 0) is 76.2 Å². The number of methoxy groups -OCH3 is 1. The van der Waals surface area contributed by atoms with Gasteiger partial charge in [0, 0.05) is 44.3 Å². The summed E-state index contributed by atoms with van der Waals surface area (Å²) < 4.78 is 5.59. The number of hydrogen-bond donors (Lipinski definition) is 1. The molecule has 1 saturated carbocycles. The van der Waals surface area contributed by atoms with Crippen LogP contribution in [0.2, 0.25) is 0 Å². The summed E-state index contributed by atoms with van der Waals surface area (Å²) in [6, 6.07) is 6.47. The number of rotatable bonds is 9. The Morgan fingerprint density at radius 1 is 1.00 bits per heavy atom. The van der Waals surface area contributed by atoms with Gasteiger partial charge in [0.25, 0.3) is 0 Å². The molecule has 2 saturated heterocycles. The van der Waals surface area contributed by atoms with E-state index in [2.05, 4.69) is 14.7 Å². The molecule has 0 unspecified atom stereocenters. The number of likely N-dealkylation sites (tertiary alicyclic amines) is 2. The second-order valence-corrected chi connectivity index (χ2v) is 10.0. The highest BCUT2D eigenvalue weighted by molar-refractivity contribution is 5.43. The van der Waals surface area contributed by atoms with Crippen molar-refractivity contribution in [1.82, 2.24) is 14.7 Å². The van der Waals surface area contributed by atoms with Crippen molar-refractivity contribution >= 4 is 0 Å². The number of nitrogens with zero attached hydrogens (tertiary/aromatic N) is 3. The molecule has 2 heterocycles. The number of phenols is 1. The number of ether oxygens (including phenoxy) is 1. The van der Waals surface area contributed by atoms with Gasteiger partial charge in [0.1, 0.15) is 11.5 Å². The first kappa shape index (κ1) is 22.9. The highest BCUT2D eigenvalue weighted by Crippen LogP contribution is 2.31. The van der Waals surface area contributed by atoms with E-state index in [0.717, 1.165) is 49.5 Å². The van der Waals surface area contributed by atoms with Gasteiger partial charge in [-0.1, -0.05) is 25.3 Å². The zero-order chi connectivity index (χ0) is 21.5. The number of benzene rings is 1. The molecule has 1 atom stereocenters. The van der Waals surface area contributed by atoms with Crippen molar-refractivity contribution in [3.63, 3.8) is 0 Å². The predicted octanol–water partition coefficient (Wildman–Crippen LogP) is 4.34. The van der Waals surface area contributed by atoms with Crippen LogP contribution < -0.4 is 4.74 Å². The molecule has 0 bridgehead atoms. The van der Waals surface area contributed by atoms with Crippen molar-refractivity contribution in [2.75, 3.05) is 52.9 Å². The zero-order valence-electron chi connectivity index (χ0n) is 19.6. The van der Waals surface area contributed by atoms with Crippen LogP contribution in [-0.4, -0.2) is 78.8 Å². The fourth-order valence-electron chi connectivity index (χ4n) is 6.04. The van der Waals surface area contributed by atoms with Crippen LogP contribution in [0.15, 0.2) is 18.2 Å². The van der Waals surface area contributed by atoms with Crippen molar-refractivity contribution in [3.8, 4) is 11.5 Å². The van der Waals surface area contributed by atoms with Gasteiger partial charge in [-0.25, -0.2) is 0 Å². The number of aromatic hydroxyl groups is 1. The Balaban J connectivity index is 1.41. The van der Waals surface area contributed by atoms with E-state index in [1.54, 1.807) is 13.2 Å². The average Bonchev–Trinajstić information content (AvgIpc) is 3.35. The maximum atomic E-state index is 10.6. The van der Waals surface area contributed by atoms with Crippen LogP contribution in [0.25, 0.3) is 0 Å². The summed E-state index contributed by atoms with van der Waals surface area (Å²) in [5.74, 6) is 1.89. The summed E-state index contributed by atoms with van der Waals surface area (Å²) in [5.41, 5.74) is 0.937. The number of hydrogen-bond acceptors (Lipinski definition) is 5. The summed E-state index contributed by atoms with van der Waals surface area (Å²) in [7, 11) is 1.71. The molecular formula is C26H43N3O2. The van der Waals surface area contributed by atoms with E-state index in [1.807, 2.05) is 12.1 Å². The SMILES string of the molecule is COc1cccc(O)c1CN(CCN1CCCCC1)C[C@@H]1CCCN(C2CCCC2)C1. The fourth-order valence-corrected chi connectivity index (χ4v) is 6.04. The third kappa shape index (κ3) is 6.36. The van der Waals surface area contributed by atoms with Gasteiger partial charge in [-0.2, -0.15) is 0 Å². The van der Waals surface area contributed by atoms with Gasteiger partial charge in [0.2, 0.25) is 0 Å². The van der Waals surface area contributed by atoms with Gasteiger partial charge >= 0.3 is 0 Å². The monoisotopic (exact) mass is 429 g/mol. The molecule has 0 amide bonds. The van der Waals surface area contributed by atoms with Crippen LogP contribution in [0.3, 0.4) is 0 Å². The summed E-state index contributed by atoms with van der Waals surface area (Å²) >= 11 is 0. The molecule has 2 aliphatic heterocycles. The Hall–Kier alpha value is -1.30. The Labute approximate surface area is 189 Å². The van der Waals surface area contributed by atoms with Crippen molar-refractivity contribution in [2.45, 2.75) is 70.4 Å². The molecule has 5 heteroatoms. The van der Waals surface area contributed by atoms with Gasteiger partial charge in [0.15, 0.2) is 0 Å². The zero-order valence-corrected chi connectivity index (χ0v) is 19.6. The minimum absolute atomic E-state index is 0.360. The molecule has 3 aliphatic rings. The lowest BCUT2D eigenvalue weighted by Gasteiger charge is -2.39. The van der Waals surface area contributed by atoms with Crippen molar-refractivity contribution < 1.29 is 9.84 Å². The molecule has 1 aliphatic carbocycles. The maximum absolute atomic E-state index is 10.6. The van der Waals surface area contributed by atoms with Crippen LogP contribution >= 0.6 is 0 Å². The molecule has 0 aromatic heterocycles. The molecule has 1 N–H and O–H groups in total. The second-order valence-electron chi connectivity index (χ2n) is 10.0. The lowest BCUT2D eigenvalue weighted by Crippen LogP contribution is -2.46. The third-order valence-corrected chi connectivity index (χ3v) is 7.80. The lowest BCUT2D eigenvalue weighted by atomic mass is 9.95. The first-order valence-corrected chi connectivity index (χ1v) is 12.8. The first-order valence-electron chi connectivity index (χ1n) is 12.8. The van der Waals surface area contributed by atoms with Crippen LogP contribution in [0, 0.1) is 5.92 Å². The molecule has 174 valence electrons. The van der Waals surface area contributed by atoms with Crippen LogP contribution in [0.4, 0.5) is 0 Å². The minimum Gasteiger partial charge on any atom is -0.507 e. The summed E-state index contributed by atoms with van der Waals surface area (Å²) in [5, 5.41) is 10.6. The molecular weight excluding hydrogens is 386 g/mol. The Bertz CT molecular complexity index is 671. The number of phenolic OH excluding ortho intramolecular Hbond substituents is 1. The first-order chi connectivity index (χ1) is 15.2. The Morgan fingerprint density at radius 3 is 2.58 bits per heavy atom. The Morgan fingerprint density at radius 2 is 1.81 bits per heavy atom. The van der Waals surface area contributed by atoms with Gasteiger partial charge < -0.3 is 19.6 Å². The van der Waals surface area contributed by atoms with Gasteiger partial charge in [-0.15, -0.1) is 0 Å². The van der Waals surface area contributed by atoms with Crippen LogP contribution in [0.1, 0.15) is 63.4 Å². The standard InChI is InChI=1S/C26H43N3O2/c1-31-26-13-7-12-25(30)24(26)21-28(18-17-27-14-5-2-6-15-27)19-22-9-8-16-29(20-22)23-10-3-4-11-23/h7,12-13,22-23,30H,2-6,8-11,14-21H2,1H3/t22-/m0/s1. The van der Waals surface area contributed by atoms with Crippen LogP contribution in [-0.2, 0) is 6.54 Å². The molecule has 1 aromatic carbocycles. The Kier molecular flexibility index (Phi) is 8.51. The van der Waals surface area contributed by atoms with Gasteiger partial charge in [-0.3, -0.25) is 4.90 Å². The number of piperidine rings is 2. The summed E-state index contributed by atoms with van der Waals surface area (Å²) in [6.07, 6.45) is 12.4. The minimum atomic E-state index is 0.360. The smallest absolute Gasteiger partial charge is 0.127 e. The highest BCUT2D eigenvalue weighted by atomic mass is 16.5. The highest BCUT2D eigenvalue weighted by Gasteiger charge is 2.29. The van der Waals surface area contributed by atoms with E-state index in [0.29, 0.717) is 5.75 Å². The van der Waals surface area contributed by atoms with E-state index >= 15 is 0 Å². The molecule has 4 rings (SSSR count). The third-order valence-electron chi connectivity index (χ3n) is 7.80. The predicted molar refractivity (Wildman–Crippen MR) is 127 cm³/mol. The summed E-state index contributed by atoms with van der Waals surface area (Å²) in [6.45, 7) is 9.12. The van der Waals surface area contributed by atoms with Gasteiger partial charge in [0.05, 0.1) is 7.11 Å². The van der Waals surface area contributed by atoms with E-state index in [4.69, 9.17) is 4.74 Å². The molecule has 1 aromatic rings. The average molecular weight is 430 g/mol. The molecule has 3 fully saturated rings. The molecule has 5 nitrogen and oxygen atoms in total. The maximum Gasteiger partial charge on any atom is 0.127 e. The molecule has 0 spiro atoms. The van der Waals surface area contributed by atoms with E-state index in [-0.39, 0.29) is 0 Å². The van der Waals surface area contributed by atoms with Crippen molar-refractivity contribution in [3.05, 3.63) is 23.8 Å². The van der Waals surface area contributed by atoms with E-state index in [1.165, 1.54) is 84.0 Å². The van der Waals surface area contributed by atoms with Crippen molar-refractivity contribution in [2.24, 2.45) is 5.92 Å². The van der Waals surface area contributed by atoms with E-state index < -0.39 is 0 Å². The molecule has 31 heavy (non-hydrogen) atoms. The van der Waals surface area contributed by atoms with Crippen molar-refractivity contribution in [1.29, 1.82) is 0 Å². The lowest BCUT2D eigenvalue weighted by molar-refractivity contribution is 0.0906. The topological polar surface area (TPSA) is 39.2 Å². The van der Waals surface area contributed by atoms with E-state index in [9.17, 15) is 5.11 Å². The largest absolute Gasteiger partial charge is 0.507 e. The second kappa shape index (κ2) is 11.5. The quantitative estimate of drug-likeness (QED) is 0.632. The fraction of sp³-hybridized carbons (Fsp3) is 0.769. The molecule has 0 radical (unpaired) electrons. The normalized spacial score (nSPS) is 24.1. The summed E-state index contributed by atoms with van der Waals surface area (Å²) in [4.78, 5) is 8.02.